The SMILES string of the molecule is C[C@H](Oc1c(F)cc(C#N)cc1F)c1nnc(-c2ccccc2C(F)(F)F)n1C. The van der Waals surface area contributed by atoms with E-state index in [1.807, 2.05) is 0 Å². The highest BCUT2D eigenvalue weighted by molar-refractivity contribution is 5.61. The molecule has 0 N–H and O–H groups in total. The van der Waals surface area contributed by atoms with Gasteiger partial charge in [0.15, 0.2) is 35.1 Å². The lowest BCUT2D eigenvalue weighted by molar-refractivity contribution is -0.137. The lowest BCUT2D eigenvalue weighted by Crippen LogP contribution is -2.13. The van der Waals surface area contributed by atoms with Crippen molar-refractivity contribution in [3.8, 4) is 23.2 Å². The summed E-state index contributed by atoms with van der Waals surface area (Å²) in [7, 11) is 1.42. The van der Waals surface area contributed by atoms with E-state index in [1.54, 1.807) is 6.07 Å². The van der Waals surface area contributed by atoms with Crippen molar-refractivity contribution in [2.24, 2.45) is 7.05 Å². The van der Waals surface area contributed by atoms with E-state index in [-0.39, 0.29) is 22.8 Å². The number of benzene rings is 2. The third-order valence-corrected chi connectivity index (χ3v) is 4.17. The number of ether oxygens (including phenoxy) is 1. The van der Waals surface area contributed by atoms with Crippen LogP contribution >= 0.6 is 0 Å². The van der Waals surface area contributed by atoms with Crippen molar-refractivity contribution in [2.45, 2.75) is 19.2 Å². The van der Waals surface area contributed by atoms with Crippen LogP contribution in [0, 0.1) is 23.0 Å². The zero-order valence-corrected chi connectivity index (χ0v) is 15.1. The number of aromatic nitrogens is 3. The van der Waals surface area contributed by atoms with Crippen molar-refractivity contribution in [1.82, 2.24) is 14.8 Å². The van der Waals surface area contributed by atoms with Crippen molar-refractivity contribution in [3.05, 3.63) is 65.0 Å². The minimum atomic E-state index is -4.60. The van der Waals surface area contributed by atoms with Crippen LogP contribution in [-0.2, 0) is 13.2 Å². The zero-order chi connectivity index (χ0) is 21.3. The van der Waals surface area contributed by atoms with Crippen LogP contribution in [0.5, 0.6) is 5.75 Å². The summed E-state index contributed by atoms with van der Waals surface area (Å²) < 4.78 is 74.5. The van der Waals surface area contributed by atoms with Crippen molar-refractivity contribution in [2.75, 3.05) is 0 Å². The highest BCUT2D eigenvalue weighted by atomic mass is 19.4. The van der Waals surface area contributed by atoms with E-state index in [1.165, 1.54) is 36.7 Å². The minimum Gasteiger partial charge on any atom is -0.477 e. The molecule has 0 saturated carbocycles. The monoisotopic (exact) mass is 408 g/mol. The molecule has 10 heteroatoms. The van der Waals surface area contributed by atoms with Gasteiger partial charge in [-0.3, -0.25) is 0 Å². The van der Waals surface area contributed by atoms with Gasteiger partial charge in [0, 0.05) is 12.6 Å². The van der Waals surface area contributed by atoms with Crippen LogP contribution < -0.4 is 4.74 Å². The summed E-state index contributed by atoms with van der Waals surface area (Å²) in [6.45, 7) is 1.42. The van der Waals surface area contributed by atoms with E-state index in [4.69, 9.17) is 10.00 Å². The van der Waals surface area contributed by atoms with Gasteiger partial charge in [-0.05, 0) is 25.1 Å². The Balaban J connectivity index is 1.96. The van der Waals surface area contributed by atoms with E-state index in [9.17, 15) is 22.0 Å². The third-order valence-electron chi connectivity index (χ3n) is 4.17. The van der Waals surface area contributed by atoms with Gasteiger partial charge in [-0.25, -0.2) is 8.78 Å². The van der Waals surface area contributed by atoms with E-state index in [0.29, 0.717) is 0 Å². The molecule has 1 atom stereocenters. The van der Waals surface area contributed by atoms with Crippen LogP contribution in [0.4, 0.5) is 22.0 Å². The number of nitriles is 1. The fraction of sp³-hybridized carbons (Fsp3) is 0.211. The third kappa shape index (κ3) is 3.89. The Bertz CT molecular complexity index is 1080. The normalized spacial score (nSPS) is 12.5. The lowest BCUT2D eigenvalue weighted by Gasteiger charge is -2.16. The Hall–Kier alpha value is -3.48. The molecule has 3 aromatic rings. The first-order valence-corrected chi connectivity index (χ1v) is 8.25. The fourth-order valence-electron chi connectivity index (χ4n) is 2.82. The Kier molecular flexibility index (Phi) is 5.24. The van der Waals surface area contributed by atoms with Crippen molar-refractivity contribution >= 4 is 0 Å². The molecule has 29 heavy (non-hydrogen) atoms. The molecule has 1 aromatic heterocycles. The van der Waals surface area contributed by atoms with E-state index in [2.05, 4.69) is 10.2 Å². The second kappa shape index (κ2) is 7.50. The van der Waals surface area contributed by atoms with Crippen molar-refractivity contribution in [3.63, 3.8) is 0 Å². The average Bonchev–Trinajstić information content (AvgIpc) is 3.05. The first-order chi connectivity index (χ1) is 13.6. The average molecular weight is 408 g/mol. The van der Waals surface area contributed by atoms with E-state index < -0.39 is 35.2 Å². The van der Waals surface area contributed by atoms with Crippen LogP contribution in [0.2, 0.25) is 0 Å². The molecule has 0 bridgehead atoms. The topological polar surface area (TPSA) is 63.7 Å². The highest BCUT2D eigenvalue weighted by Gasteiger charge is 2.35. The minimum absolute atomic E-state index is 0.0557. The standard InChI is InChI=1S/C19H13F5N4O/c1-10(29-16-14(20)7-11(9-25)8-15(16)21)17-26-27-18(28(17)2)12-5-3-4-6-13(12)19(22,23)24/h3-8,10H,1-2H3/t10-/m0/s1. The summed E-state index contributed by atoms with van der Waals surface area (Å²) in [4.78, 5) is 0. The largest absolute Gasteiger partial charge is 0.477 e. The Labute approximate surface area is 162 Å². The molecule has 0 amide bonds. The van der Waals surface area contributed by atoms with Gasteiger partial charge < -0.3 is 9.30 Å². The van der Waals surface area contributed by atoms with Crippen LogP contribution in [-0.4, -0.2) is 14.8 Å². The zero-order valence-electron chi connectivity index (χ0n) is 15.1. The maximum atomic E-state index is 14.0. The van der Waals surface area contributed by atoms with Crippen LogP contribution in [0.15, 0.2) is 36.4 Å². The number of rotatable bonds is 4. The Morgan fingerprint density at radius 2 is 1.72 bits per heavy atom. The smallest absolute Gasteiger partial charge is 0.417 e. The summed E-state index contributed by atoms with van der Waals surface area (Å²) in [5.41, 5.74) is -1.30. The molecule has 0 aliphatic rings. The molecule has 0 aliphatic carbocycles. The molecule has 150 valence electrons. The summed E-state index contributed by atoms with van der Waals surface area (Å²) >= 11 is 0. The maximum absolute atomic E-state index is 14.0. The fourth-order valence-corrected chi connectivity index (χ4v) is 2.82. The van der Waals surface area contributed by atoms with Crippen LogP contribution in [0.3, 0.4) is 0 Å². The molecular weight excluding hydrogens is 395 g/mol. The van der Waals surface area contributed by atoms with E-state index >= 15 is 0 Å². The molecule has 0 spiro atoms. The van der Waals surface area contributed by atoms with Gasteiger partial charge in [0.1, 0.15) is 0 Å². The van der Waals surface area contributed by atoms with Crippen molar-refractivity contribution in [1.29, 1.82) is 5.26 Å². The molecule has 3 rings (SSSR count). The summed E-state index contributed by atoms with van der Waals surface area (Å²) in [5, 5.41) is 16.4. The molecule has 2 aromatic carbocycles. The Morgan fingerprint density at radius 3 is 2.31 bits per heavy atom. The first-order valence-electron chi connectivity index (χ1n) is 8.25. The number of hydrogen-bond acceptors (Lipinski definition) is 4. The van der Waals surface area contributed by atoms with Crippen molar-refractivity contribution < 1.29 is 26.7 Å². The molecule has 0 radical (unpaired) electrons. The number of nitrogens with zero attached hydrogens (tertiary/aromatic N) is 4. The van der Waals surface area contributed by atoms with Gasteiger partial charge in [-0.2, -0.15) is 18.4 Å². The molecule has 1 heterocycles. The summed E-state index contributed by atoms with van der Waals surface area (Å²) in [6, 6.07) is 8.10. The van der Waals surface area contributed by atoms with Gasteiger partial charge in [-0.1, -0.05) is 18.2 Å². The highest BCUT2D eigenvalue weighted by Crippen LogP contribution is 2.37. The number of hydrogen-bond donors (Lipinski definition) is 0. The molecule has 0 aliphatic heterocycles. The summed E-state index contributed by atoms with van der Waals surface area (Å²) in [6.07, 6.45) is -5.64. The van der Waals surface area contributed by atoms with Gasteiger partial charge in [0.25, 0.3) is 0 Å². The quantitative estimate of drug-likeness (QED) is 0.583. The second-order valence-electron chi connectivity index (χ2n) is 6.13. The number of halogens is 5. The van der Waals surface area contributed by atoms with E-state index in [0.717, 1.165) is 18.2 Å². The number of alkyl halides is 3. The van der Waals surface area contributed by atoms with Gasteiger partial charge >= 0.3 is 6.18 Å². The molecular formula is C19H13F5N4O. The van der Waals surface area contributed by atoms with Gasteiger partial charge in [0.2, 0.25) is 0 Å². The maximum Gasteiger partial charge on any atom is 0.417 e. The van der Waals surface area contributed by atoms with Gasteiger partial charge in [0.05, 0.1) is 17.2 Å². The van der Waals surface area contributed by atoms with Gasteiger partial charge in [-0.15, -0.1) is 10.2 Å². The van der Waals surface area contributed by atoms with Crippen LogP contribution in [0.1, 0.15) is 30.0 Å². The van der Waals surface area contributed by atoms with Crippen LogP contribution in [0.25, 0.3) is 11.4 Å². The lowest BCUT2D eigenvalue weighted by atomic mass is 10.1. The predicted octanol–water partition coefficient (Wildman–Crippen LogP) is 4.79. The molecule has 5 nitrogen and oxygen atoms in total. The second-order valence-corrected chi connectivity index (χ2v) is 6.13. The summed E-state index contributed by atoms with van der Waals surface area (Å²) in [5.74, 6) is -2.92. The Morgan fingerprint density at radius 1 is 1.10 bits per heavy atom. The molecule has 0 saturated heterocycles. The molecule has 0 fully saturated rings. The molecule has 0 unspecified atom stereocenters. The first kappa shape index (κ1) is 20.3. The predicted molar refractivity (Wildman–Crippen MR) is 91.6 cm³/mol.